The number of benzene rings is 3. The molecule has 46 heavy (non-hydrogen) atoms. The van der Waals surface area contributed by atoms with E-state index in [1.54, 1.807) is 6.07 Å². The number of hydrogen-bond acceptors (Lipinski definition) is 11. The van der Waals surface area contributed by atoms with E-state index in [4.69, 9.17) is 26.8 Å². The van der Waals surface area contributed by atoms with Gasteiger partial charge in [0.25, 0.3) is 11.4 Å². The molecule has 3 aromatic carbocycles. The van der Waals surface area contributed by atoms with Crippen LogP contribution in [0.4, 0.5) is 32.8 Å². The molecule has 0 fully saturated rings. The Labute approximate surface area is 281 Å². The van der Waals surface area contributed by atoms with Crippen molar-refractivity contribution in [1.29, 1.82) is 0 Å². The number of halogens is 3. The van der Waals surface area contributed by atoms with Gasteiger partial charge in [-0.1, -0.05) is 0 Å². The number of aryl methyl sites for hydroxylation is 3. The lowest BCUT2D eigenvalue weighted by Crippen LogP contribution is -2.04. The van der Waals surface area contributed by atoms with E-state index in [2.05, 4.69) is 10.6 Å². The van der Waals surface area contributed by atoms with E-state index in [0.717, 1.165) is 59.7 Å². The molecule has 0 amide bonds. The predicted octanol–water partition coefficient (Wildman–Crippen LogP) is 5.28. The van der Waals surface area contributed by atoms with E-state index < -0.39 is 15.7 Å². The fourth-order valence-electron chi connectivity index (χ4n) is 3.28. The number of nitrogens with zero attached hydrogens (tertiary/aromatic N) is 2. The second-order valence-electron chi connectivity index (χ2n) is 9.39. The standard InChI is InChI=1S/C10H14N2O3.C10H16N2O.C7H6FNO2.C3H9NO.2ClH/c1-8-7-9(12(14)15)3-4-10(8)11-5-2-6-13;1-8-7-9(11)3-4-10(8)12-5-2-6-13;1-5-4-6(9(10)11)2-3-7(5)8;4-2-1-3-5;;/h3-4,7,11,13H,2,5-6H2,1H3;3-4,7,12-13H,2,5-6,11H2,1H3;2-4H,1H3;5H,1-4H2;2*1H. The molecule has 0 aliphatic heterocycles. The van der Waals surface area contributed by atoms with Crippen LogP contribution in [0.3, 0.4) is 0 Å². The third-order valence-corrected chi connectivity index (χ3v) is 5.69. The van der Waals surface area contributed by atoms with Crippen molar-refractivity contribution in [3.05, 3.63) is 97.3 Å². The lowest BCUT2D eigenvalue weighted by Gasteiger charge is -2.08. The van der Waals surface area contributed by atoms with E-state index >= 15 is 0 Å². The summed E-state index contributed by atoms with van der Waals surface area (Å²) < 4.78 is 12.5. The predicted molar refractivity (Wildman–Crippen MR) is 187 cm³/mol. The summed E-state index contributed by atoms with van der Waals surface area (Å²) in [6.07, 6.45) is 2.15. The van der Waals surface area contributed by atoms with Crippen LogP contribution in [0.15, 0.2) is 54.6 Å². The average Bonchev–Trinajstić information content (AvgIpc) is 2.98. The zero-order valence-corrected chi connectivity index (χ0v) is 27.9. The molecule has 0 aromatic heterocycles. The summed E-state index contributed by atoms with van der Waals surface area (Å²) in [6.45, 7) is 7.94. The molecule has 0 radical (unpaired) electrons. The van der Waals surface area contributed by atoms with Gasteiger partial charge < -0.3 is 37.4 Å². The van der Waals surface area contributed by atoms with Gasteiger partial charge >= 0.3 is 0 Å². The molecular weight excluding hydrogens is 646 g/mol. The molecule has 3 aromatic rings. The number of non-ortho nitro benzene ring substituents is 2. The van der Waals surface area contributed by atoms with Crippen LogP contribution in [0.1, 0.15) is 36.0 Å². The van der Waals surface area contributed by atoms with Crippen LogP contribution in [0, 0.1) is 46.8 Å². The van der Waals surface area contributed by atoms with Gasteiger partial charge in [0.15, 0.2) is 0 Å². The largest absolute Gasteiger partial charge is 0.399 e. The Bertz CT molecular complexity index is 1290. The van der Waals surface area contributed by atoms with E-state index in [0.29, 0.717) is 25.1 Å². The van der Waals surface area contributed by atoms with Crippen LogP contribution in [-0.2, 0) is 0 Å². The van der Waals surface area contributed by atoms with Crippen molar-refractivity contribution in [3.63, 3.8) is 0 Å². The SMILES string of the molecule is Cc1cc(N)ccc1NCCCO.Cc1cc([N+](=O)[O-])ccc1F.Cc1cc([N+](=O)[O-])ccc1NCCCO.Cl.Cl.NCCCO. The van der Waals surface area contributed by atoms with Crippen molar-refractivity contribution in [1.82, 2.24) is 0 Å². The number of hydrogen-bond donors (Lipinski definition) is 7. The van der Waals surface area contributed by atoms with Crippen molar-refractivity contribution in [2.75, 3.05) is 55.8 Å². The lowest BCUT2D eigenvalue weighted by molar-refractivity contribution is -0.385. The van der Waals surface area contributed by atoms with Crippen LogP contribution < -0.4 is 22.1 Å². The molecule has 3 rings (SSSR count). The Morgan fingerprint density at radius 2 is 1.11 bits per heavy atom. The minimum atomic E-state index is -0.549. The van der Waals surface area contributed by atoms with E-state index in [9.17, 15) is 24.6 Å². The third kappa shape index (κ3) is 20.3. The summed E-state index contributed by atoms with van der Waals surface area (Å²) >= 11 is 0. The normalized spacial score (nSPS) is 9.30. The van der Waals surface area contributed by atoms with Gasteiger partial charge in [-0.15, -0.1) is 24.8 Å². The maximum Gasteiger partial charge on any atom is 0.269 e. The number of nitrogen functional groups attached to an aromatic ring is 1. The van der Waals surface area contributed by atoms with Crippen LogP contribution in [-0.4, -0.2) is 64.6 Å². The molecule has 260 valence electrons. The van der Waals surface area contributed by atoms with Crippen LogP contribution >= 0.6 is 24.8 Å². The summed E-state index contributed by atoms with van der Waals surface area (Å²) in [6, 6.07) is 13.9. The first kappa shape index (κ1) is 46.6. The first-order valence-corrected chi connectivity index (χ1v) is 13.9. The molecule has 0 saturated carbocycles. The zero-order valence-electron chi connectivity index (χ0n) is 26.3. The maximum atomic E-state index is 12.5. The van der Waals surface area contributed by atoms with Gasteiger partial charge in [0.05, 0.1) is 9.85 Å². The number of nitrogens with one attached hydrogen (secondary N) is 2. The second-order valence-corrected chi connectivity index (χ2v) is 9.39. The molecule has 0 unspecified atom stereocenters. The highest BCUT2D eigenvalue weighted by Crippen LogP contribution is 2.21. The zero-order chi connectivity index (χ0) is 33.5. The molecular formula is C30H47Cl2FN6O7. The summed E-state index contributed by atoms with van der Waals surface area (Å²) in [7, 11) is 0. The van der Waals surface area contributed by atoms with E-state index in [1.165, 1.54) is 25.1 Å². The summed E-state index contributed by atoms with van der Waals surface area (Å²) in [5, 5.41) is 52.1. The minimum absolute atomic E-state index is 0. The average molecular weight is 694 g/mol. The molecule has 0 heterocycles. The van der Waals surface area contributed by atoms with Crippen LogP contribution in [0.2, 0.25) is 0 Å². The Morgan fingerprint density at radius 3 is 1.46 bits per heavy atom. The Balaban J connectivity index is -0.000000555. The van der Waals surface area contributed by atoms with Gasteiger partial charge in [0.1, 0.15) is 5.82 Å². The van der Waals surface area contributed by atoms with Crippen molar-refractivity contribution >= 4 is 53.3 Å². The van der Waals surface area contributed by atoms with Crippen molar-refractivity contribution in [3.8, 4) is 0 Å². The molecule has 9 N–H and O–H groups in total. The minimum Gasteiger partial charge on any atom is -0.399 e. The molecule has 0 aliphatic carbocycles. The molecule has 16 heteroatoms. The number of nitrogens with two attached hydrogens (primary N) is 2. The Morgan fingerprint density at radius 1 is 0.696 bits per heavy atom. The van der Waals surface area contributed by atoms with Crippen LogP contribution in [0.5, 0.6) is 0 Å². The fourth-order valence-corrected chi connectivity index (χ4v) is 3.28. The summed E-state index contributed by atoms with van der Waals surface area (Å²) in [5.41, 5.74) is 15.6. The van der Waals surface area contributed by atoms with Gasteiger partial charge in [-0.25, -0.2) is 4.39 Å². The molecule has 0 spiro atoms. The third-order valence-electron chi connectivity index (χ3n) is 5.69. The number of rotatable bonds is 12. The number of aliphatic hydroxyl groups is 3. The first-order valence-electron chi connectivity index (χ1n) is 13.9. The van der Waals surface area contributed by atoms with Crippen LogP contribution in [0.25, 0.3) is 0 Å². The van der Waals surface area contributed by atoms with Gasteiger partial charge in [-0.2, -0.15) is 0 Å². The molecule has 0 bridgehead atoms. The number of nitro groups is 2. The van der Waals surface area contributed by atoms with Gasteiger partial charge in [-0.05, 0) is 93.6 Å². The quantitative estimate of drug-likeness (QED) is 0.0559. The first-order chi connectivity index (χ1) is 20.9. The fraction of sp³-hybridized carbons (Fsp3) is 0.400. The molecule has 0 saturated heterocycles. The number of anilines is 3. The Hall–Kier alpha value is -3.79. The highest BCUT2D eigenvalue weighted by Gasteiger charge is 2.08. The van der Waals surface area contributed by atoms with Crippen molar-refractivity contribution in [2.24, 2.45) is 5.73 Å². The van der Waals surface area contributed by atoms with Gasteiger partial charge in [0, 0.05) is 74.2 Å². The maximum absolute atomic E-state index is 12.5. The van der Waals surface area contributed by atoms with Gasteiger partial charge in [-0.3, -0.25) is 20.2 Å². The molecule has 0 atom stereocenters. The number of aliphatic hydroxyl groups excluding tert-OH is 3. The Kier molecular flexibility index (Phi) is 27.9. The highest BCUT2D eigenvalue weighted by molar-refractivity contribution is 5.85. The molecule has 0 aliphatic rings. The monoisotopic (exact) mass is 692 g/mol. The van der Waals surface area contributed by atoms with E-state index in [1.807, 2.05) is 32.0 Å². The van der Waals surface area contributed by atoms with E-state index in [-0.39, 0.29) is 56.0 Å². The summed E-state index contributed by atoms with van der Waals surface area (Å²) in [5.74, 6) is -0.421. The molecule has 13 nitrogen and oxygen atoms in total. The van der Waals surface area contributed by atoms with Gasteiger partial charge in [0.2, 0.25) is 0 Å². The van der Waals surface area contributed by atoms with Crippen molar-refractivity contribution in [2.45, 2.75) is 40.0 Å². The van der Waals surface area contributed by atoms with Crippen molar-refractivity contribution < 1.29 is 29.6 Å². The highest BCUT2D eigenvalue weighted by atomic mass is 35.5. The second kappa shape index (κ2) is 27.5. The topological polar surface area (TPSA) is 223 Å². The number of nitro benzene ring substituents is 2. The summed E-state index contributed by atoms with van der Waals surface area (Å²) in [4.78, 5) is 19.7. The smallest absolute Gasteiger partial charge is 0.269 e. The lowest BCUT2D eigenvalue weighted by atomic mass is 10.2.